The highest BCUT2D eigenvalue weighted by molar-refractivity contribution is 7.13. The molecule has 0 bridgehead atoms. The molecule has 2 aromatic rings. The first-order chi connectivity index (χ1) is 12.6. The number of rotatable bonds is 5. The van der Waals surface area contributed by atoms with Crippen molar-refractivity contribution in [2.24, 2.45) is 5.92 Å². The van der Waals surface area contributed by atoms with E-state index in [-0.39, 0.29) is 24.3 Å². The van der Waals surface area contributed by atoms with Gasteiger partial charge in [-0.3, -0.25) is 9.59 Å². The zero-order valence-electron chi connectivity index (χ0n) is 15.2. The van der Waals surface area contributed by atoms with Crippen molar-refractivity contribution >= 4 is 23.2 Å². The van der Waals surface area contributed by atoms with E-state index in [0.29, 0.717) is 26.1 Å². The van der Waals surface area contributed by atoms with Crippen LogP contribution in [0, 0.1) is 5.92 Å². The molecule has 0 aliphatic carbocycles. The summed E-state index contributed by atoms with van der Waals surface area (Å²) in [6, 6.07) is 12.5. The van der Waals surface area contributed by atoms with Crippen molar-refractivity contribution in [2.75, 3.05) is 40.4 Å². The third-order valence-electron chi connectivity index (χ3n) is 4.73. The lowest BCUT2D eigenvalue weighted by Crippen LogP contribution is -2.39. The van der Waals surface area contributed by atoms with Gasteiger partial charge in [-0.25, -0.2) is 0 Å². The molecular weight excluding hydrogens is 348 g/mol. The molecule has 0 unspecified atom stereocenters. The van der Waals surface area contributed by atoms with Crippen molar-refractivity contribution in [3.05, 3.63) is 47.3 Å². The molecule has 138 valence electrons. The van der Waals surface area contributed by atoms with Crippen LogP contribution in [-0.4, -0.2) is 62.0 Å². The molecule has 5 nitrogen and oxygen atoms in total. The number of carbonyl (C=O) groups is 2. The number of carbonyl (C=O) groups excluding carboxylic acids is 2. The van der Waals surface area contributed by atoms with Gasteiger partial charge in [-0.1, -0.05) is 30.3 Å². The van der Waals surface area contributed by atoms with Crippen LogP contribution in [0.1, 0.15) is 5.56 Å². The molecule has 0 radical (unpaired) electrons. The lowest BCUT2D eigenvalue weighted by atomic mass is 9.96. The van der Waals surface area contributed by atoms with Crippen LogP contribution in [0.3, 0.4) is 0 Å². The fourth-order valence-electron chi connectivity index (χ4n) is 3.25. The average molecular weight is 372 g/mol. The molecule has 1 aromatic heterocycles. The monoisotopic (exact) mass is 372 g/mol. The summed E-state index contributed by atoms with van der Waals surface area (Å²) in [5.74, 6) is -0.190. The molecule has 2 heterocycles. The van der Waals surface area contributed by atoms with Crippen molar-refractivity contribution in [2.45, 2.75) is 6.42 Å². The van der Waals surface area contributed by atoms with E-state index in [1.165, 1.54) is 17.6 Å². The number of likely N-dealkylation sites (N-methyl/N-ethyl adjacent to an activating group) is 1. The Hall–Kier alpha value is -2.18. The maximum atomic E-state index is 12.7. The van der Waals surface area contributed by atoms with E-state index >= 15 is 0 Å². The molecule has 2 amide bonds. The van der Waals surface area contributed by atoms with Crippen molar-refractivity contribution in [1.82, 2.24) is 9.80 Å². The van der Waals surface area contributed by atoms with E-state index in [0.717, 1.165) is 5.56 Å². The number of amides is 2. The van der Waals surface area contributed by atoms with Crippen molar-refractivity contribution in [3.8, 4) is 10.4 Å². The summed E-state index contributed by atoms with van der Waals surface area (Å²) in [5, 5.41) is 2.06. The zero-order valence-corrected chi connectivity index (χ0v) is 16.0. The summed E-state index contributed by atoms with van der Waals surface area (Å²) < 4.78 is 4.96. The number of methoxy groups -OCH3 is 1. The molecule has 1 fully saturated rings. The third kappa shape index (κ3) is 4.31. The van der Waals surface area contributed by atoms with E-state index in [2.05, 4.69) is 35.7 Å². The van der Waals surface area contributed by atoms with Crippen LogP contribution in [-0.2, 0) is 20.7 Å². The second kappa shape index (κ2) is 8.47. The van der Waals surface area contributed by atoms with Crippen LogP contribution >= 0.6 is 11.3 Å². The van der Waals surface area contributed by atoms with Gasteiger partial charge < -0.3 is 14.5 Å². The first-order valence-corrected chi connectivity index (χ1v) is 9.61. The van der Waals surface area contributed by atoms with Crippen LogP contribution in [0.15, 0.2) is 41.8 Å². The summed E-state index contributed by atoms with van der Waals surface area (Å²) in [4.78, 5) is 29.6. The summed E-state index contributed by atoms with van der Waals surface area (Å²) in [6.45, 7) is 1.61. The van der Waals surface area contributed by atoms with Gasteiger partial charge >= 0.3 is 0 Å². The molecule has 1 atom stereocenters. The first-order valence-electron chi connectivity index (χ1n) is 8.73. The second-order valence-corrected chi connectivity index (χ2v) is 7.56. The van der Waals surface area contributed by atoms with Gasteiger partial charge in [-0.2, -0.15) is 0 Å². The molecule has 0 saturated carbocycles. The molecule has 3 rings (SSSR count). The van der Waals surface area contributed by atoms with Gasteiger partial charge in [0.05, 0.1) is 5.92 Å². The van der Waals surface area contributed by atoms with Crippen molar-refractivity contribution in [3.63, 3.8) is 0 Å². The van der Waals surface area contributed by atoms with Crippen molar-refractivity contribution in [1.29, 1.82) is 0 Å². The Labute approximate surface area is 158 Å². The van der Waals surface area contributed by atoms with E-state index < -0.39 is 0 Å². The standard InChI is InChI=1S/C20H24N2O3S/c1-21-9-10-22(19(23)14-25-2)13-17(20(21)24)12-15-5-7-16(8-6-15)18-4-3-11-26-18/h3-8,11,17H,9-10,12-14H2,1-2H3/t17-/m0/s1. The smallest absolute Gasteiger partial charge is 0.248 e. The minimum atomic E-state index is -0.226. The summed E-state index contributed by atoms with van der Waals surface area (Å²) in [7, 11) is 3.32. The van der Waals surface area contributed by atoms with Gasteiger partial charge in [0.15, 0.2) is 0 Å². The van der Waals surface area contributed by atoms with Gasteiger partial charge in [-0.15, -0.1) is 11.3 Å². The fourth-order valence-corrected chi connectivity index (χ4v) is 3.99. The number of ether oxygens (including phenoxy) is 1. The molecule has 0 spiro atoms. The molecule has 26 heavy (non-hydrogen) atoms. The molecule has 1 aromatic carbocycles. The quantitative estimate of drug-likeness (QED) is 0.810. The summed E-state index contributed by atoms with van der Waals surface area (Å²) in [5.41, 5.74) is 2.29. The molecule has 0 N–H and O–H groups in total. The van der Waals surface area contributed by atoms with E-state index in [1.807, 2.05) is 6.07 Å². The van der Waals surface area contributed by atoms with Crippen LogP contribution < -0.4 is 0 Å². The largest absolute Gasteiger partial charge is 0.375 e. The van der Waals surface area contributed by atoms with Crippen LogP contribution in [0.4, 0.5) is 0 Å². The van der Waals surface area contributed by atoms with E-state index in [4.69, 9.17) is 4.74 Å². The number of benzene rings is 1. The topological polar surface area (TPSA) is 49.9 Å². The van der Waals surface area contributed by atoms with Gasteiger partial charge in [-0.05, 0) is 29.0 Å². The van der Waals surface area contributed by atoms with Crippen LogP contribution in [0.2, 0.25) is 0 Å². The predicted octanol–water partition coefficient (Wildman–Crippen LogP) is 2.52. The number of thiophene rings is 1. The Balaban J connectivity index is 1.73. The molecule has 1 aliphatic rings. The van der Waals surface area contributed by atoms with Crippen LogP contribution in [0.5, 0.6) is 0 Å². The highest BCUT2D eigenvalue weighted by Crippen LogP contribution is 2.25. The third-order valence-corrected chi connectivity index (χ3v) is 5.65. The van der Waals surface area contributed by atoms with E-state index in [9.17, 15) is 9.59 Å². The minimum Gasteiger partial charge on any atom is -0.375 e. The number of nitrogens with zero attached hydrogens (tertiary/aromatic N) is 2. The van der Waals surface area contributed by atoms with Gasteiger partial charge in [0.2, 0.25) is 11.8 Å². The maximum absolute atomic E-state index is 12.7. The Morgan fingerprint density at radius 1 is 1.23 bits per heavy atom. The lowest BCUT2D eigenvalue weighted by Gasteiger charge is -2.23. The molecular formula is C20H24N2O3S. The Bertz CT molecular complexity index is 743. The molecule has 1 aliphatic heterocycles. The van der Waals surface area contributed by atoms with Crippen molar-refractivity contribution < 1.29 is 14.3 Å². The maximum Gasteiger partial charge on any atom is 0.248 e. The SMILES string of the molecule is COCC(=O)N1CCN(C)C(=O)[C@@H](Cc2ccc(-c3cccs3)cc2)C1. The second-order valence-electron chi connectivity index (χ2n) is 6.61. The van der Waals surface area contributed by atoms with Gasteiger partial charge in [0, 0.05) is 38.7 Å². The summed E-state index contributed by atoms with van der Waals surface area (Å²) >= 11 is 1.71. The number of hydrogen-bond acceptors (Lipinski definition) is 4. The highest BCUT2D eigenvalue weighted by Gasteiger charge is 2.30. The normalized spacial score (nSPS) is 18.1. The lowest BCUT2D eigenvalue weighted by molar-refractivity contribution is -0.136. The Morgan fingerprint density at radius 3 is 2.65 bits per heavy atom. The van der Waals surface area contributed by atoms with E-state index in [1.54, 1.807) is 28.2 Å². The minimum absolute atomic E-state index is 0.0557. The Morgan fingerprint density at radius 2 is 2.00 bits per heavy atom. The zero-order chi connectivity index (χ0) is 18.5. The number of hydrogen-bond donors (Lipinski definition) is 0. The Kier molecular flexibility index (Phi) is 6.06. The fraction of sp³-hybridized carbons (Fsp3) is 0.400. The first kappa shape index (κ1) is 18.6. The van der Waals surface area contributed by atoms with Gasteiger partial charge in [0.1, 0.15) is 6.61 Å². The predicted molar refractivity (Wildman–Crippen MR) is 103 cm³/mol. The molecule has 1 saturated heterocycles. The van der Waals surface area contributed by atoms with Gasteiger partial charge in [0.25, 0.3) is 0 Å². The van der Waals surface area contributed by atoms with Crippen LogP contribution in [0.25, 0.3) is 10.4 Å². The molecule has 6 heteroatoms. The average Bonchev–Trinajstić information content (AvgIpc) is 3.14. The summed E-state index contributed by atoms with van der Waals surface area (Å²) in [6.07, 6.45) is 0.630. The highest BCUT2D eigenvalue weighted by atomic mass is 32.1.